The van der Waals surface area contributed by atoms with Crippen LogP contribution >= 0.6 is 0 Å². The zero-order chi connectivity index (χ0) is 32.6. The number of hydrogen-bond donors (Lipinski definition) is 7. The van der Waals surface area contributed by atoms with Gasteiger partial charge in [0.2, 0.25) is 5.91 Å². The molecule has 10 heteroatoms. The molecule has 1 amide bonds. The lowest BCUT2D eigenvalue weighted by Gasteiger charge is -2.40. The van der Waals surface area contributed by atoms with E-state index >= 15 is 0 Å². The minimum atomic E-state index is -1.60. The zero-order valence-corrected chi connectivity index (χ0v) is 27.8. The fourth-order valence-electron chi connectivity index (χ4n) is 5.78. The van der Waals surface area contributed by atoms with Crippen molar-refractivity contribution in [2.45, 2.75) is 198 Å². The Labute approximate surface area is 266 Å². The van der Waals surface area contributed by atoms with Gasteiger partial charge in [0.25, 0.3) is 0 Å². The number of rotatable bonds is 28. The van der Waals surface area contributed by atoms with E-state index in [2.05, 4.69) is 19.2 Å². The summed E-state index contributed by atoms with van der Waals surface area (Å²) in [7, 11) is 0. The van der Waals surface area contributed by atoms with E-state index in [-0.39, 0.29) is 18.9 Å². The highest BCUT2D eigenvalue weighted by Crippen LogP contribution is 2.23. The summed E-state index contributed by atoms with van der Waals surface area (Å²) in [4.78, 5) is 12.8. The molecule has 8 atom stereocenters. The van der Waals surface area contributed by atoms with E-state index in [0.29, 0.717) is 6.42 Å². The minimum Gasteiger partial charge on any atom is -0.394 e. The molecule has 262 valence electrons. The lowest BCUT2D eigenvalue weighted by atomic mass is 9.98. The van der Waals surface area contributed by atoms with Crippen LogP contribution in [0.1, 0.15) is 149 Å². The van der Waals surface area contributed by atoms with Crippen LogP contribution in [0, 0.1) is 0 Å². The van der Waals surface area contributed by atoms with Crippen molar-refractivity contribution >= 4 is 5.91 Å². The summed E-state index contributed by atoms with van der Waals surface area (Å²) in [5, 5.41) is 64.4. The largest absolute Gasteiger partial charge is 0.394 e. The van der Waals surface area contributed by atoms with Crippen molar-refractivity contribution < 1.29 is 44.9 Å². The lowest BCUT2D eigenvalue weighted by Crippen LogP contribution is -2.60. The first-order valence-electron chi connectivity index (χ1n) is 17.8. The Bertz CT molecular complexity index is 683. The Morgan fingerprint density at radius 3 is 1.68 bits per heavy atom. The number of unbranched alkanes of at least 4 members (excludes halogenated alkanes) is 17. The van der Waals surface area contributed by atoms with Crippen molar-refractivity contribution in [3.8, 4) is 0 Å². The molecule has 0 bridgehead atoms. The molecule has 0 aromatic carbocycles. The Morgan fingerprint density at radius 1 is 0.705 bits per heavy atom. The van der Waals surface area contributed by atoms with Crippen molar-refractivity contribution in [3.63, 3.8) is 0 Å². The molecule has 1 heterocycles. The fourth-order valence-corrected chi connectivity index (χ4v) is 5.78. The van der Waals surface area contributed by atoms with Gasteiger partial charge >= 0.3 is 0 Å². The molecule has 0 radical (unpaired) electrons. The maximum Gasteiger partial charge on any atom is 0.220 e. The fraction of sp³-hybridized carbons (Fsp3) is 0.971. The Kier molecular flexibility index (Phi) is 24.6. The van der Waals surface area contributed by atoms with E-state index in [9.17, 15) is 35.4 Å². The molecular formula is C34H67NO9. The van der Waals surface area contributed by atoms with Crippen LogP contribution in [0.15, 0.2) is 0 Å². The number of nitrogens with one attached hydrogen (secondary N) is 1. The van der Waals surface area contributed by atoms with Gasteiger partial charge in [-0.2, -0.15) is 0 Å². The standard InChI is InChI=1S/C34H67NO9/c1-3-5-7-9-11-12-13-14-15-17-18-20-22-27(37)30(39)26(35-29(38)23-21-19-16-10-8-6-4-2)25-43-34-33(42)32(41)31(40)28(24-36)44-34/h26-28,30-34,36-37,39-42H,3-25H2,1-2H3,(H,35,38)/t26-,27+,28+,30-,31-,32-,33+,34-/m0/s1. The molecule has 10 nitrogen and oxygen atoms in total. The van der Waals surface area contributed by atoms with Crippen LogP contribution in [0.2, 0.25) is 0 Å². The third-order valence-electron chi connectivity index (χ3n) is 8.80. The van der Waals surface area contributed by atoms with Crippen molar-refractivity contribution in [1.82, 2.24) is 5.32 Å². The van der Waals surface area contributed by atoms with Crippen LogP contribution in [0.5, 0.6) is 0 Å². The van der Waals surface area contributed by atoms with Gasteiger partial charge in [0.1, 0.15) is 30.5 Å². The van der Waals surface area contributed by atoms with Gasteiger partial charge < -0.3 is 45.4 Å². The van der Waals surface area contributed by atoms with E-state index in [0.717, 1.165) is 51.4 Å². The number of aliphatic hydroxyl groups is 6. The van der Waals surface area contributed by atoms with E-state index < -0.39 is 55.6 Å². The van der Waals surface area contributed by atoms with Crippen LogP contribution in [0.3, 0.4) is 0 Å². The van der Waals surface area contributed by atoms with Crippen LogP contribution in [-0.4, -0.2) is 98.7 Å². The van der Waals surface area contributed by atoms with Crippen LogP contribution < -0.4 is 5.32 Å². The smallest absolute Gasteiger partial charge is 0.220 e. The third-order valence-corrected chi connectivity index (χ3v) is 8.80. The molecule has 1 fully saturated rings. The normalized spacial score (nSPS) is 24.2. The summed E-state index contributed by atoms with van der Waals surface area (Å²) in [5.41, 5.74) is 0. The number of carbonyl (C=O) groups excluding carboxylic acids is 1. The highest BCUT2D eigenvalue weighted by atomic mass is 16.7. The number of aliphatic hydroxyl groups excluding tert-OH is 6. The quantitative estimate of drug-likeness (QED) is 0.0623. The summed E-state index contributed by atoms with van der Waals surface area (Å²) < 4.78 is 11.0. The molecule has 1 aliphatic rings. The molecular weight excluding hydrogens is 566 g/mol. The predicted octanol–water partition coefficient (Wildman–Crippen LogP) is 4.24. The molecule has 7 N–H and O–H groups in total. The molecule has 44 heavy (non-hydrogen) atoms. The summed E-state index contributed by atoms with van der Waals surface area (Å²) in [6.45, 7) is 3.51. The van der Waals surface area contributed by atoms with E-state index in [4.69, 9.17) is 9.47 Å². The van der Waals surface area contributed by atoms with E-state index in [1.54, 1.807) is 0 Å². The Morgan fingerprint density at radius 2 is 1.18 bits per heavy atom. The molecule has 0 aromatic rings. The van der Waals surface area contributed by atoms with Gasteiger partial charge in [-0.05, 0) is 12.8 Å². The SMILES string of the molecule is CCCCCCCCCCCCCC[C@@H](O)[C@@H](O)[C@H](CO[C@H]1O[C@H](CO)[C@H](O)[C@H](O)[C@H]1O)NC(=O)CCCCCCCCC. The van der Waals surface area contributed by atoms with Gasteiger partial charge in [-0.1, -0.05) is 129 Å². The second-order valence-corrected chi connectivity index (χ2v) is 12.8. The molecule has 1 aliphatic heterocycles. The van der Waals surface area contributed by atoms with E-state index in [1.165, 1.54) is 70.6 Å². The molecule has 0 unspecified atom stereocenters. The first kappa shape index (κ1) is 41.2. The third kappa shape index (κ3) is 17.7. The second-order valence-electron chi connectivity index (χ2n) is 12.8. The Hall–Kier alpha value is -0.850. The van der Waals surface area contributed by atoms with E-state index in [1.807, 2.05) is 0 Å². The number of hydrogen-bond acceptors (Lipinski definition) is 9. The predicted molar refractivity (Wildman–Crippen MR) is 172 cm³/mol. The number of carbonyl (C=O) groups is 1. The molecule has 0 aromatic heterocycles. The van der Waals surface area contributed by atoms with Crippen molar-refractivity contribution in [2.75, 3.05) is 13.2 Å². The molecule has 0 spiro atoms. The van der Waals surface area contributed by atoms with Gasteiger partial charge in [-0.15, -0.1) is 0 Å². The van der Waals surface area contributed by atoms with Gasteiger partial charge in [0, 0.05) is 6.42 Å². The van der Waals surface area contributed by atoms with Gasteiger partial charge in [-0.3, -0.25) is 4.79 Å². The second kappa shape index (κ2) is 26.2. The maximum absolute atomic E-state index is 12.8. The highest BCUT2D eigenvalue weighted by Gasteiger charge is 2.44. The van der Waals surface area contributed by atoms with Crippen LogP contribution in [0.4, 0.5) is 0 Å². The molecule has 0 saturated carbocycles. The first-order valence-corrected chi connectivity index (χ1v) is 17.8. The van der Waals surface area contributed by atoms with Crippen LogP contribution in [-0.2, 0) is 14.3 Å². The number of amides is 1. The maximum atomic E-state index is 12.8. The molecule has 1 saturated heterocycles. The number of ether oxygens (including phenoxy) is 2. The van der Waals surface area contributed by atoms with Crippen molar-refractivity contribution in [2.24, 2.45) is 0 Å². The van der Waals surface area contributed by atoms with Gasteiger partial charge in [-0.25, -0.2) is 0 Å². The van der Waals surface area contributed by atoms with Crippen LogP contribution in [0.25, 0.3) is 0 Å². The monoisotopic (exact) mass is 633 g/mol. The average molecular weight is 634 g/mol. The summed E-state index contributed by atoms with van der Waals surface area (Å²) >= 11 is 0. The van der Waals surface area contributed by atoms with Crippen molar-refractivity contribution in [1.29, 1.82) is 0 Å². The summed E-state index contributed by atoms with van der Waals surface area (Å²) in [6.07, 6.45) is 12.8. The summed E-state index contributed by atoms with van der Waals surface area (Å²) in [5.74, 6) is -0.266. The van der Waals surface area contributed by atoms with Crippen molar-refractivity contribution in [3.05, 3.63) is 0 Å². The average Bonchev–Trinajstić information content (AvgIpc) is 3.02. The minimum absolute atomic E-state index is 0.266. The lowest BCUT2D eigenvalue weighted by molar-refractivity contribution is -0.303. The summed E-state index contributed by atoms with van der Waals surface area (Å²) in [6, 6.07) is -0.980. The van der Waals surface area contributed by atoms with Gasteiger partial charge in [0.05, 0.1) is 25.4 Å². The first-order chi connectivity index (χ1) is 21.3. The molecule has 0 aliphatic carbocycles. The Balaban J connectivity index is 2.53. The topological polar surface area (TPSA) is 169 Å². The van der Waals surface area contributed by atoms with Gasteiger partial charge in [0.15, 0.2) is 6.29 Å². The zero-order valence-electron chi connectivity index (χ0n) is 27.8. The molecule has 1 rings (SSSR count). The highest BCUT2D eigenvalue weighted by molar-refractivity contribution is 5.76.